The van der Waals surface area contributed by atoms with Gasteiger partial charge in [-0.15, -0.1) is 23.2 Å². The zero-order valence-corrected chi connectivity index (χ0v) is 13.9. The summed E-state index contributed by atoms with van der Waals surface area (Å²) in [5.74, 6) is 0.816. The SMILES string of the molecule is Cc1ccc(OCCCCNC(=O)[C@]2(C)CC2(Cl)Cl)cc1. The number of nitrogens with one attached hydrogen (secondary N) is 1. The Kier molecular flexibility index (Phi) is 5.05. The van der Waals surface area contributed by atoms with Gasteiger partial charge in [0.1, 0.15) is 10.1 Å². The molecule has 1 amide bonds. The number of halogens is 2. The van der Waals surface area contributed by atoms with Gasteiger partial charge in [0.15, 0.2) is 0 Å². The highest BCUT2D eigenvalue weighted by molar-refractivity contribution is 6.53. The summed E-state index contributed by atoms with van der Waals surface area (Å²) in [5, 5.41) is 2.88. The molecule has 1 aromatic carbocycles. The van der Waals surface area contributed by atoms with Gasteiger partial charge in [-0.25, -0.2) is 0 Å². The van der Waals surface area contributed by atoms with Gasteiger partial charge < -0.3 is 10.1 Å². The van der Waals surface area contributed by atoms with Crippen molar-refractivity contribution < 1.29 is 9.53 Å². The summed E-state index contributed by atoms with van der Waals surface area (Å²) in [6, 6.07) is 7.98. The van der Waals surface area contributed by atoms with E-state index in [2.05, 4.69) is 5.32 Å². The Morgan fingerprint density at radius 3 is 2.48 bits per heavy atom. The van der Waals surface area contributed by atoms with Crippen molar-refractivity contribution in [3.05, 3.63) is 29.8 Å². The lowest BCUT2D eigenvalue weighted by Gasteiger charge is -2.12. The second kappa shape index (κ2) is 6.45. The Bertz CT molecular complexity index is 502. The van der Waals surface area contributed by atoms with Gasteiger partial charge in [-0.1, -0.05) is 17.7 Å². The topological polar surface area (TPSA) is 38.3 Å². The molecule has 0 heterocycles. The number of hydrogen-bond donors (Lipinski definition) is 1. The second-order valence-corrected chi connectivity index (χ2v) is 7.32. The third-order valence-electron chi connectivity index (χ3n) is 3.91. The average molecular weight is 330 g/mol. The molecule has 1 aliphatic carbocycles. The molecule has 0 saturated heterocycles. The van der Waals surface area contributed by atoms with Crippen molar-refractivity contribution in [1.29, 1.82) is 0 Å². The highest BCUT2D eigenvalue weighted by Gasteiger charge is 2.67. The van der Waals surface area contributed by atoms with Crippen molar-refractivity contribution in [2.24, 2.45) is 5.41 Å². The lowest BCUT2D eigenvalue weighted by atomic mass is 10.1. The first-order valence-corrected chi connectivity index (χ1v) is 7.96. The maximum Gasteiger partial charge on any atom is 0.229 e. The van der Waals surface area contributed by atoms with Crippen LogP contribution in [0.4, 0.5) is 0 Å². The Hall–Kier alpha value is -0.930. The largest absolute Gasteiger partial charge is 0.494 e. The molecule has 0 aliphatic heterocycles. The molecule has 1 aliphatic rings. The lowest BCUT2D eigenvalue weighted by Crippen LogP contribution is -2.34. The van der Waals surface area contributed by atoms with Gasteiger partial charge in [-0.3, -0.25) is 4.79 Å². The van der Waals surface area contributed by atoms with Gasteiger partial charge >= 0.3 is 0 Å². The Balaban J connectivity index is 1.57. The third-order valence-corrected chi connectivity index (χ3v) is 5.01. The van der Waals surface area contributed by atoms with E-state index < -0.39 is 9.75 Å². The van der Waals surface area contributed by atoms with Gasteiger partial charge in [0.25, 0.3) is 0 Å². The van der Waals surface area contributed by atoms with Crippen molar-refractivity contribution in [2.75, 3.05) is 13.2 Å². The maximum absolute atomic E-state index is 11.9. The van der Waals surface area contributed by atoms with E-state index in [0.717, 1.165) is 18.6 Å². The number of hydrogen-bond acceptors (Lipinski definition) is 2. The molecule has 1 N–H and O–H groups in total. The first-order chi connectivity index (χ1) is 9.85. The Morgan fingerprint density at radius 2 is 1.90 bits per heavy atom. The van der Waals surface area contributed by atoms with Crippen LogP contribution in [0.15, 0.2) is 24.3 Å². The molecule has 5 heteroatoms. The summed E-state index contributed by atoms with van der Waals surface area (Å²) in [7, 11) is 0. The molecule has 0 bridgehead atoms. The smallest absolute Gasteiger partial charge is 0.229 e. The first-order valence-electron chi connectivity index (χ1n) is 7.21. The van der Waals surface area contributed by atoms with Gasteiger partial charge in [0.05, 0.1) is 12.0 Å². The monoisotopic (exact) mass is 329 g/mol. The minimum absolute atomic E-state index is 0.0630. The van der Waals surface area contributed by atoms with Crippen LogP contribution in [0.1, 0.15) is 31.7 Å². The number of carbonyl (C=O) groups is 1. The zero-order chi connectivity index (χ0) is 15.5. The predicted molar refractivity (Wildman–Crippen MR) is 86.1 cm³/mol. The number of alkyl halides is 2. The van der Waals surface area contributed by atoms with E-state index in [1.54, 1.807) is 6.92 Å². The molecule has 116 valence electrons. The van der Waals surface area contributed by atoms with Crippen LogP contribution in [-0.2, 0) is 4.79 Å². The molecule has 2 rings (SSSR count). The van der Waals surface area contributed by atoms with E-state index in [9.17, 15) is 4.79 Å². The summed E-state index contributed by atoms with van der Waals surface area (Å²) >= 11 is 11.9. The number of carbonyl (C=O) groups excluding carboxylic acids is 1. The normalized spacial score (nSPS) is 22.7. The van der Waals surface area contributed by atoms with E-state index in [1.165, 1.54) is 5.56 Å². The number of benzene rings is 1. The van der Waals surface area contributed by atoms with E-state index in [1.807, 2.05) is 31.2 Å². The Labute approximate surface area is 136 Å². The summed E-state index contributed by atoms with van der Waals surface area (Å²) < 4.78 is 4.73. The molecule has 0 radical (unpaired) electrons. The van der Waals surface area contributed by atoms with Crippen LogP contribution in [-0.4, -0.2) is 23.4 Å². The molecule has 0 spiro atoms. The van der Waals surface area contributed by atoms with Crippen LogP contribution in [0.3, 0.4) is 0 Å². The van der Waals surface area contributed by atoms with E-state index in [4.69, 9.17) is 27.9 Å². The number of aryl methyl sites for hydroxylation is 1. The minimum atomic E-state index is -0.897. The fraction of sp³-hybridized carbons (Fsp3) is 0.562. The molecule has 0 unspecified atom stereocenters. The fourth-order valence-corrected chi connectivity index (χ4v) is 2.80. The van der Waals surface area contributed by atoms with Crippen LogP contribution in [0, 0.1) is 12.3 Å². The van der Waals surface area contributed by atoms with Crippen LogP contribution >= 0.6 is 23.2 Å². The lowest BCUT2D eigenvalue weighted by molar-refractivity contribution is -0.125. The van der Waals surface area contributed by atoms with Gasteiger partial charge in [-0.2, -0.15) is 0 Å². The molecule has 1 aromatic rings. The standard InChI is InChI=1S/C16H21Cl2NO2/c1-12-5-7-13(8-6-12)21-10-4-3-9-19-14(20)15(2)11-16(15,17)18/h5-8H,3-4,9-11H2,1-2H3,(H,19,20)/t15-/m0/s1. The Morgan fingerprint density at radius 1 is 1.29 bits per heavy atom. The van der Waals surface area contributed by atoms with Crippen molar-refractivity contribution in [3.8, 4) is 5.75 Å². The number of amides is 1. The molecule has 1 saturated carbocycles. The van der Waals surface area contributed by atoms with E-state index >= 15 is 0 Å². The van der Waals surface area contributed by atoms with Crippen LogP contribution in [0.5, 0.6) is 5.75 Å². The third kappa shape index (κ3) is 4.04. The van der Waals surface area contributed by atoms with Crippen LogP contribution in [0.25, 0.3) is 0 Å². The minimum Gasteiger partial charge on any atom is -0.494 e. The van der Waals surface area contributed by atoms with Crippen molar-refractivity contribution in [1.82, 2.24) is 5.32 Å². The molecular formula is C16H21Cl2NO2. The van der Waals surface area contributed by atoms with Crippen molar-refractivity contribution >= 4 is 29.1 Å². The van der Waals surface area contributed by atoms with Crippen molar-refractivity contribution in [3.63, 3.8) is 0 Å². The number of ether oxygens (including phenoxy) is 1. The molecular weight excluding hydrogens is 309 g/mol. The average Bonchev–Trinajstić information content (AvgIpc) is 2.96. The zero-order valence-electron chi connectivity index (χ0n) is 12.4. The molecule has 0 aromatic heterocycles. The van der Waals surface area contributed by atoms with Crippen LogP contribution < -0.4 is 10.1 Å². The van der Waals surface area contributed by atoms with Crippen LogP contribution in [0.2, 0.25) is 0 Å². The molecule has 1 atom stereocenters. The molecule has 1 fully saturated rings. The first kappa shape index (κ1) is 16.4. The summed E-state index contributed by atoms with van der Waals surface area (Å²) in [4.78, 5) is 11.9. The fourth-order valence-electron chi connectivity index (χ4n) is 2.09. The number of rotatable bonds is 7. The van der Waals surface area contributed by atoms with Gasteiger partial charge in [0, 0.05) is 6.54 Å². The predicted octanol–water partition coefficient (Wildman–Crippen LogP) is 3.85. The highest BCUT2D eigenvalue weighted by atomic mass is 35.5. The van der Waals surface area contributed by atoms with Crippen molar-refractivity contribution in [2.45, 2.75) is 37.4 Å². The van der Waals surface area contributed by atoms with E-state index in [-0.39, 0.29) is 5.91 Å². The summed E-state index contributed by atoms with van der Waals surface area (Å²) in [6.07, 6.45) is 2.27. The maximum atomic E-state index is 11.9. The van der Waals surface area contributed by atoms with Gasteiger partial charge in [0.2, 0.25) is 5.91 Å². The second-order valence-electron chi connectivity index (χ2n) is 5.84. The quantitative estimate of drug-likeness (QED) is 0.609. The molecule has 21 heavy (non-hydrogen) atoms. The highest BCUT2D eigenvalue weighted by Crippen LogP contribution is 2.63. The summed E-state index contributed by atoms with van der Waals surface area (Å²) in [5.41, 5.74) is 0.586. The van der Waals surface area contributed by atoms with Gasteiger partial charge in [-0.05, 0) is 45.2 Å². The summed E-state index contributed by atoms with van der Waals surface area (Å²) in [6.45, 7) is 5.10. The number of unbranched alkanes of at least 4 members (excludes halogenated alkanes) is 1. The molecule has 3 nitrogen and oxygen atoms in total. The van der Waals surface area contributed by atoms with E-state index in [0.29, 0.717) is 19.6 Å².